The minimum absolute atomic E-state index is 0.0736. The molecule has 0 unspecified atom stereocenters. The van der Waals surface area contributed by atoms with Crippen molar-refractivity contribution in [2.75, 3.05) is 5.75 Å². The molecule has 0 aliphatic rings. The number of nitrogens with zero attached hydrogens (tertiary/aromatic N) is 2. The Hall–Kier alpha value is -2.07. The van der Waals surface area contributed by atoms with E-state index in [0.29, 0.717) is 28.9 Å². The first-order valence-electron chi connectivity index (χ1n) is 5.22. The van der Waals surface area contributed by atoms with Crippen molar-refractivity contribution in [3.8, 4) is 11.8 Å². The number of thioether (sulfide) groups is 1. The number of nitrogens with one attached hydrogen (secondary N) is 2. The van der Waals surface area contributed by atoms with Crippen LogP contribution in [0.3, 0.4) is 0 Å². The highest BCUT2D eigenvalue weighted by atomic mass is 32.2. The van der Waals surface area contributed by atoms with Crippen molar-refractivity contribution in [3.05, 3.63) is 22.4 Å². The maximum Gasteiger partial charge on any atom is 0.263 e. The van der Waals surface area contributed by atoms with Crippen LogP contribution in [0.2, 0.25) is 0 Å². The van der Waals surface area contributed by atoms with Crippen molar-refractivity contribution >= 4 is 27.9 Å². The van der Waals surface area contributed by atoms with Gasteiger partial charge in [0.05, 0.1) is 6.33 Å². The first-order valence-corrected chi connectivity index (χ1v) is 6.21. The fourth-order valence-corrected chi connectivity index (χ4v) is 1.84. The van der Waals surface area contributed by atoms with E-state index in [1.54, 1.807) is 0 Å². The average molecular weight is 262 g/mol. The van der Waals surface area contributed by atoms with Crippen molar-refractivity contribution in [2.24, 2.45) is 0 Å². The zero-order chi connectivity index (χ0) is 13.0. The molecular weight excluding hydrogens is 252 g/mol. The van der Waals surface area contributed by atoms with Gasteiger partial charge in [-0.05, 0) is 5.92 Å². The highest BCUT2D eigenvalue weighted by Crippen LogP contribution is 2.06. The van der Waals surface area contributed by atoms with Crippen molar-refractivity contribution in [3.63, 3.8) is 0 Å². The molecule has 0 fully saturated rings. The van der Waals surface area contributed by atoms with E-state index in [4.69, 9.17) is 0 Å². The molecule has 18 heavy (non-hydrogen) atoms. The van der Waals surface area contributed by atoms with Crippen LogP contribution >= 0.6 is 11.8 Å². The molecule has 92 valence electrons. The van der Waals surface area contributed by atoms with E-state index in [1.807, 2.05) is 0 Å². The Morgan fingerprint density at radius 3 is 3.17 bits per heavy atom. The molecule has 0 atom stereocenters. The topological polar surface area (TPSA) is 91.5 Å². The second-order valence-corrected chi connectivity index (χ2v) is 4.69. The van der Waals surface area contributed by atoms with Gasteiger partial charge in [0.15, 0.2) is 10.8 Å². The molecule has 6 nitrogen and oxygen atoms in total. The summed E-state index contributed by atoms with van der Waals surface area (Å²) in [6.07, 6.45) is 1.87. The number of aromatic amines is 2. The van der Waals surface area contributed by atoms with E-state index in [2.05, 4.69) is 32.0 Å². The molecular formula is C11H10N4O2S. The minimum atomic E-state index is -0.267. The van der Waals surface area contributed by atoms with E-state index in [1.165, 1.54) is 25.0 Å². The molecule has 2 N–H and O–H groups in total. The number of H-pyrrole nitrogens is 2. The first-order chi connectivity index (χ1) is 8.68. The monoisotopic (exact) mass is 262 g/mol. The fourth-order valence-electron chi connectivity index (χ4n) is 1.35. The number of fused-ring (bicyclic) bond motifs is 1. The van der Waals surface area contributed by atoms with Gasteiger partial charge in [-0.2, -0.15) is 5.10 Å². The summed E-state index contributed by atoms with van der Waals surface area (Å²) in [6, 6.07) is 0. The zero-order valence-electron chi connectivity index (χ0n) is 9.61. The number of hydrogen-bond acceptors (Lipinski definition) is 5. The van der Waals surface area contributed by atoms with Crippen LogP contribution in [0.15, 0.2) is 11.1 Å². The van der Waals surface area contributed by atoms with Crippen molar-refractivity contribution in [1.29, 1.82) is 0 Å². The third-order valence-electron chi connectivity index (χ3n) is 2.10. The third kappa shape index (κ3) is 2.78. The van der Waals surface area contributed by atoms with Gasteiger partial charge in [0, 0.05) is 19.1 Å². The van der Waals surface area contributed by atoms with Gasteiger partial charge in [-0.1, -0.05) is 17.7 Å². The Kier molecular flexibility index (Phi) is 3.79. The predicted molar refractivity (Wildman–Crippen MR) is 69.1 cm³/mol. The lowest BCUT2D eigenvalue weighted by Gasteiger charge is -1.88. The van der Waals surface area contributed by atoms with Crippen LogP contribution in [0.1, 0.15) is 19.0 Å². The highest BCUT2D eigenvalue weighted by molar-refractivity contribution is 8.13. The quantitative estimate of drug-likeness (QED) is 0.613. The van der Waals surface area contributed by atoms with Gasteiger partial charge in [0.25, 0.3) is 5.56 Å². The normalized spacial score (nSPS) is 10.1. The lowest BCUT2D eigenvalue weighted by atomic mass is 10.3. The molecule has 0 aliphatic heterocycles. The molecule has 0 aliphatic carbocycles. The Labute approximate surface area is 107 Å². The summed E-state index contributed by atoms with van der Waals surface area (Å²) in [5.74, 6) is 6.36. The minimum Gasteiger partial charge on any atom is -0.312 e. The van der Waals surface area contributed by atoms with Crippen LogP contribution in [0.4, 0.5) is 0 Å². The number of carbonyl (C=O) groups excluding carboxylic acids is 1. The molecule has 2 aromatic rings. The Morgan fingerprint density at radius 2 is 2.39 bits per heavy atom. The lowest BCUT2D eigenvalue weighted by molar-refractivity contribution is -0.109. The van der Waals surface area contributed by atoms with Crippen LogP contribution < -0.4 is 5.56 Å². The van der Waals surface area contributed by atoms with Crippen LogP contribution in [-0.4, -0.2) is 31.0 Å². The Bertz CT molecular complexity index is 692. The maximum absolute atomic E-state index is 11.6. The number of carbonyl (C=O) groups is 1. The molecule has 0 saturated carbocycles. The molecule has 7 heteroatoms. The molecule has 2 aromatic heterocycles. The molecule has 0 spiro atoms. The van der Waals surface area contributed by atoms with Crippen molar-refractivity contribution in [1.82, 2.24) is 20.2 Å². The summed E-state index contributed by atoms with van der Waals surface area (Å²) >= 11 is 1.23. The maximum atomic E-state index is 11.6. The van der Waals surface area contributed by atoms with Gasteiger partial charge in [-0.15, -0.1) is 0 Å². The van der Waals surface area contributed by atoms with Gasteiger partial charge < -0.3 is 4.98 Å². The smallest absolute Gasteiger partial charge is 0.263 e. The van der Waals surface area contributed by atoms with Gasteiger partial charge >= 0.3 is 0 Å². The van der Waals surface area contributed by atoms with E-state index < -0.39 is 0 Å². The summed E-state index contributed by atoms with van der Waals surface area (Å²) in [5, 5.41) is 7.00. The average Bonchev–Trinajstić information content (AvgIpc) is 2.73. The number of hydrogen-bond donors (Lipinski definition) is 2. The summed E-state index contributed by atoms with van der Waals surface area (Å²) < 4.78 is 0. The van der Waals surface area contributed by atoms with E-state index in [-0.39, 0.29) is 10.7 Å². The summed E-state index contributed by atoms with van der Waals surface area (Å²) in [4.78, 5) is 28.7. The molecule has 0 radical (unpaired) electrons. The fraction of sp³-hybridized carbons (Fsp3) is 0.273. The van der Waals surface area contributed by atoms with E-state index >= 15 is 0 Å². The third-order valence-corrected chi connectivity index (χ3v) is 2.92. The Balaban J connectivity index is 2.15. The zero-order valence-corrected chi connectivity index (χ0v) is 10.4. The molecule has 0 amide bonds. The number of aromatic nitrogens is 4. The molecule has 0 aromatic carbocycles. The molecule has 0 saturated heterocycles. The molecule has 0 bridgehead atoms. The van der Waals surface area contributed by atoms with Gasteiger partial charge in [0.1, 0.15) is 11.1 Å². The van der Waals surface area contributed by atoms with Crippen LogP contribution in [0.5, 0.6) is 0 Å². The van der Waals surface area contributed by atoms with Crippen LogP contribution in [0, 0.1) is 11.8 Å². The van der Waals surface area contributed by atoms with Crippen LogP contribution in [-0.2, 0) is 4.79 Å². The summed E-state index contributed by atoms with van der Waals surface area (Å²) in [6.45, 7) is 1.52. The standard InChI is InChI=1S/C11H10N4O2S/c1-7(16)18-5-3-2-4-8-9-10(15-14-8)12-6-13-11(9)17/h6H,3,5H2,1H3,(H2,12,13,14,15,17). The first kappa shape index (κ1) is 12.4. The van der Waals surface area contributed by atoms with Gasteiger partial charge in [0.2, 0.25) is 0 Å². The SMILES string of the molecule is CC(=O)SCCC#Cc1[nH]nc2nc[nH]c(=O)c12. The van der Waals surface area contributed by atoms with Crippen molar-refractivity contribution in [2.45, 2.75) is 13.3 Å². The lowest BCUT2D eigenvalue weighted by Crippen LogP contribution is -2.05. The van der Waals surface area contributed by atoms with E-state index in [9.17, 15) is 9.59 Å². The highest BCUT2D eigenvalue weighted by Gasteiger charge is 2.07. The summed E-state index contributed by atoms with van der Waals surface area (Å²) in [7, 11) is 0. The molecule has 2 heterocycles. The Morgan fingerprint density at radius 1 is 1.56 bits per heavy atom. The molecule has 2 rings (SSSR count). The van der Waals surface area contributed by atoms with Crippen molar-refractivity contribution < 1.29 is 4.79 Å². The van der Waals surface area contributed by atoms with Gasteiger partial charge in [-0.3, -0.25) is 14.7 Å². The summed E-state index contributed by atoms with van der Waals surface area (Å²) in [5.41, 5.74) is 0.532. The number of rotatable bonds is 2. The predicted octanol–water partition coefficient (Wildman–Crippen LogP) is 0.667. The van der Waals surface area contributed by atoms with Crippen LogP contribution in [0.25, 0.3) is 11.0 Å². The second kappa shape index (κ2) is 5.51. The second-order valence-electron chi connectivity index (χ2n) is 3.42. The van der Waals surface area contributed by atoms with Gasteiger partial charge in [-0.25, -0.2) is 4.98 Å². The largest absolute Gasteiger partial charge is 0.312 e. The van der Waals surface area contributed by atoms with E-state index in [0.717, 1.165) is 0 Å².